The molecule has 4 rings (SSSR count). The fourth-order valence-corrected chi connectivity index (χ4v) is 4.63. The molecule has 1 aromatic carbocycles. The lowest BCUT2D eigenvalue weighted by Gasteiger charge is -2.24. The molecule has 0 radical (unpaired) electrons. The summed E-state index contributed by atoms with van der Waals surface area (Å²) in [6.07, 6.45) is 2.63. The number of aryl methyl sites for hydroxylation is 2. The van der Waals surface area contributed by atoms with Gasteiger partial charge in [0, 0.05) is 22.3 Å². The number of benzene rings is 1. The Hall–Kier alpha value is -3.28. The van der Waals surface area contributed by atoms with Gasteiger partial charge in [-0.1, -0.05) is 25.1 Å². The van der Waals surface area contributed by atoms with Crippen LogP contribution in [0.4, 0.5) is 0 Å². The van der Waals surface area contributed by atoms with Crippen LogP contribution in [0.2, 0.25) is 0 Å². The molecule has 1 N–H and O–H groups in total. The summed E-state index contributed by atoms with van der Waals surface area (Å²) in [5.41, 5.74) is 5.20. The SMILES string of the molecule is CC(=O)c1c(C)[nH]c(C(=O)COC(=O)c2c3c(nc4ccccc24)CC[C@H](C)C3)c1C. The van der Waals surface area contributed by atoms with Crippen molar-refractivity contribution in [1.29, 1.82) is 0 Å². The van der Waals surface area contributed by atoms with Crippen molar-refractivity contribution >= 4 is 28.4 Å². The van der Waals surface area contributed by atoms with Gasteiger partial charge in [-0.05, 0) is 63.1 Å². The molecule has 2 aromatic heterocycles. The van der Waals surface area contributed by atoms with Crippen molar-refractivity contribution < 1.29 is 19.1 Å². The maximum Gasteiger partial charge on any atom is 0.339 e. The van der Waals surface area contributed by atoms with Crippen LogP contribution in [-0.4, -0.2) is 34.1 Å². The minimum atomic E-state index is -0.509. The first-order valence-corrected chi connectivity index (χ1v) is 10.6. The Morgan fingerprint density at radius 1 is 1.16 bits per heavy atom. The lowest BCUT2D eigenvalue weighted by molar-refractivity contribution is 0.0473. The standard InChI is InChI=1S/C25H26N2O4/c1-13-9-10-20-18(11-13)23(17-7-5-6-8-19(17)27-20)25(30)31-12-21(29)24-14(2)22(16(4)28)15(3)26-24/h5-8,13,26H,9-12H2,1-4H3/t13-/m0/s1. The Kier molecular flexibility index (Phi) is 5.48. The highest BCUT2D eigenvalue weighted by Gasteiger charge is 2.27. The van der Waals surface area contributed by atoms with E-state index in [4.69, 9.17) is 9.72 Å². The predicted molar refractivity (Wildman–Crippen MR) is 118 cm³/mol. The zero-order valence-electron chi connectivity index (χ0n) is 18.3. The Balaban J connectivity index is 1.64. The van der Waals surface area contributed by atoms with Gasteiger partial charge in [-0.15, -0.1) is 0 Å². The van der Waals surface area contributed by atoms with Gasteiger partial charge < -0.3 is 9.72 Å². The van der Waals surface area contributed by atoms with Crippen molar-refractivity contribution in [3.63, 3.8) is 0 Å². The van der Waals surface area contributed by atoms with E-state index in [1.807, 2.05) is 24.3 Å². The lowest BCUT2D eigenvalue weighted by Crippen LogP contribution is -2.21. The van der Waals surface area contributed by atoms with E-state index in [1.165, 1.54) is 6.92 Å². The molecule has 0 amide bonds. The summed E-state index contributed by atoms with van der Waals surface area (Å²) in [5.74, 6) is -0.517. The molecule has 6 nitrogen and oxygen atoms in total. The molecule has 0 saturated carbocycles. The quantitative estimate of drug-likeness (QED) is 0.485. The van der Waals surface area contributed by atoms with Gasteiger partial charge in [0.15, 0.2) is 12.4 Å². The summed E-state index contributed by atoms with van der Waals surface area (Å²) >= 11 is 0. The van der Waals surface area contributed by atoms with Gasteiger partial charge in [0.1, 0.15) is 0 Å². The number of H-pyrrole nitrogens is 1. The van der Waals surface area contributed by atoms with Gasteiger partial charge in [-0.3, -0.25) is 14.6 Å². The van der Waals surface area contributed by atoms with Crippen molar-refractivity contribution in [2.45, 2.75) is 47.0 Å². The third-order valence-corrected chi connectivity index (χ3v) is 6.11. The number of aromatic nitrogens is 2. The van der Waals surface area contributed by atoms with Crippen molar-refractivity contribution in [3.8, 4) is 0 Å². The minimum absolute atomic E-state index is 0.105. The molecule has 2 heterocycles. The highest BCUT2D eigenvalue weighted by molar-refractivity contribution is 6.07. The molecule has 0 bridgehead atoms. The third-order valence-electron chi connectivity index (χ3n) is 6.11. The van der Waals surface area contributed by atoms with Crippen LogP contribution in [0, 0.1) is 19.8 Å². The molecule has 1 atom stereocenters. The van der Waals surface area contributed by atoms with Gasteiger partial charge in [0.05, 0.1) is 16.8 Å². The van der Waals surface area contributed by atoms with Crippen LogP contribution in [0.3, 0.4) is 0 Å². The number of hydrogen-bond acceptors (Lipinski definition) is 5. The highest BCUT2D eigenvalue weighted by atomic mass is 16.5. The monoisotopic (exact) mass is 418 g/mol. The fraction of sp³-hybridized carbons (Fsp3) is 0.360. The number of fused-ring (bicyclic) bond motifs is 2. The van der Waals surface area contributed by atoms with Crippen LogP contribution < -0.4 is 0 Å². The summed E-state index contributed by atoms with van der Waals surface area (Å²) in [6, 6.07) is 7.54. The molecule has 0 fully saturated rings. The van der Waals surface area contributed by atoms with E-state index in [0.29, 0.717) is 34.0 Å². The Labute approximate surface area is 181 Å². The predicted octanol–water partition coefficient (Wildman–Crippen LogP) is 4.55. The van der Waals surface area contributed by atoms with Crippen LogP contribution in [0.1, 0.15) is 74.0 Å². The lowest BCUT2D eigenvalue weighted by atomic mass is 9.84. The van der Waals surface area contributed by atoms with E-state index >= 15 is 0 Å². The van der Waals surface area contributed by atoms with Gasteiger partial charge >= 0.3 is 5.97 Å². The topological polar surface area (TPSA) is 89.1 Å². The van der Waals surface area contributed by atoms with E-state index in [1.54, 1.807) is 13.8 Å². The fourth-order valence-electron chi connectivity index (χ4n) is 4.63. The Morgan fingerprint density at radius 2 is 1.90 bits per heavy atom. The number of ether oxygens (including phenoxy) is 1. The molecule has 6 heteroatoms. The second-order valence-corrected chi connectivity index (χ2v) is 8.46. The molecular formula is C25H26N2O4. The van der Waals surface area contributed by atoms with Crippen LogP contribution in [0.15, 0.2) is 24.3 Å². The average molecular weight is 418 g/mol. The van der Waals surface area contributed by atoms with Gasteiger partial charge in [0.25, 0.3) is 0 Å². The highest BCUT2D eigenvalue weighted by Crippen LogP contribution is 2.32. The zero-order chi connectivity index (χ0) is 22.3. The van der Waals surface area contributed by atoms with Crippen LogP contribution in [-0.2, 0) is 17.6 Å². The second-order valence-electron chi connectivity index (χ2n) is 8.46. The Morgan fingerprint density at radius 3 is 2.61 bits per heavy atom. The van der Waals surface area contributed by atoms with Crippen molar-refractivity contribution in [2.24, 2.45) is 5.92 Å². The van der Waals surface area contributed by atoms with Gasteiger partial charge in [-0.25, -0.2) is 4.79 Å². The summed E-state index contributed by atoms with van der Waals surface area (Å²) in [4.78, 5) is 45.5. The van der Waals surface area contributed by atoms with Gasteiger partial charge in [-0.2, -0.15) is 0 Å². The number of nitrogens with one attached hydrogen (secondary N) is 1. The van der Waals surface area contributed by atoms with Crippen molar-refractivity contribution in [3.05, 3.63) is 63.6 Å². The molecule has 3 aromatic rings. The molecule has 0 unspecified atom stereocenters. The summed E-state index contributed by atoms with van der Waals surface area (Å²) in [5, 5.41) is 0.749. The number of carbonyl (C=O) groups excluding carboxylic acids is 3. The molecule has 1 aliphatic carbocycles. The smallest absolute Gasteiger partial charge is 0.339 e. The molecule has 0 saturated heterocycles. The number of aromatic amines is 1. The second kappa shape index (κ2) is 8.10. The van der Waals surface area contributed by atoms with E-state index in [0.717, 1.165) is 41.4 Å². The molecule has 160 valence electrons. The number of carbonyl (C=O) groups is 3. The van der Waals surface area contributed by atoms with Gasteiger partial charge in [0.2, 0.25) is 5.78 Å². The van der Waals surface area contributed by atoms with E-state index in [-0.39, 0.29) is 11.6 Å². The maximum absolute atomic E-state index is 13.2. The zero-order valence-corrected chi connectivity index (χ0v) is 18.3. The molecule has 31 heavy (non-hydrogen) atoms. The van der Waals surface area contributed by atoms with Crippen molar-refractivity contribution in [2.75, 3.05) is 6.61 Å². The average Bonchev–Trinajstić information content (AvgIpc) is 3.04. The molecular weight excluding hydrogens is 392 g/mol. The van der Waals surface area contributed by atoms with Crippen molar-refractivity contribution in [1.82, 2.24) is 9.97 Å². The molecule has 0 spiro atoms. The van der Waals surface area contributed by atoms with E-state index in [9.17, 15) is 14.4 Å². The third kappa shape index (κ3) is 3.78. The number of para-hydroxylation sites is 1. The normalized spacial score (nSPS) is 15.5. The molecule has 1 aliphatic rings. The van der Waals surface area contributed by atoms with E-state index in [2.05, 4.69) is 11.9 Å². The van der Waals surface area contributed by atoms with Crippen LogP contribution >= 0.6 is 0 Å². The number of ketones is 2. The van der Waals surface area contributed by atoms with Crippen LogP contribution in [0.5, 0.6) is 0 Å². The number of pyridine rings is 1. The number of rotatable bonds is 5. The minimum Gasteiger partial charge on any atom is -0.454 e. The first-order chi connectivity index (χ1) is 14.8. The molecule has 0 aliphatic heterocycles. The Bertz CT molecular complexity index is 1220. The van der Waals surface area contributed by atoms with E-state index < -0.39 is 12.6 Å². The number of nitrogens with zero attached hydrogens (tertiary/aromatic N) is 1. The summed E-state index contributed by atoms with van der Waals surface area (Å²) in [7, 11) is 0. The largest absolute Gasteiger partial charge is 0.454 e. The number of esters is 1. The van der Waals surface area contributed by atoms with Crippen LogP contribution in [0.25, 0.3) is 10.9 Å². The number of Topliss-reactive ketones (excluding diaryl/α,β-unsaturated/α-hetero) is 2. The first-order valence-electron chi connectivity index (χ1n) is 10.6. The summed E-state index contributed by atoms with van der Waals surface area (Å²) < 4.78 is 5.50. The maximum atomic E-state index is 13.2. The summed E-state index contributed by atoms with van der Waals surface area (Å²) in [6.45, 7) is 6.72. The first kappa shape index (κ1) is 21.0. The number of hydrogen-bond donors (Lipinski definition) is 1.